The van der Waals surface area contributed by atoms with Crippen LogP contribution in [0.5, 0.6) is 0 Å². The molecule has 0 fully saturated rings. The fourth-order valence-corrected chi connectivity index (χ4v) is 0.432. The highest BCUT2D eigenvalue weighted by molar-refractivity contribution is 4.86. The Labute approximate surface area is 49.7 Å². The molecule has 0 atom stereocenters. The van der Waals surface area contributed by atoms with Crippen LogP contribution >= 0.6 is 0 Å². The molecule has 0 aromatic carbocycles. The summed E-state index contributed by atoms with van der Waals surface area (Å²) in [5.41, 5.74) is -0.722. The van der Waals surface area contributed by atoms with Gasteiger partial charge in [-0.05, 0) is 6.92 Å². The normalized spacial score (nSPS) is 9.44. The van der Waals surface area contributed by atoms with Crippen LogP contribution in [0.25, 0.3) is 0 Å². The largest absolute Gasteiger partial charge is 0.360 e. The van der Waals surface area contributed by atoms with Gasteiger partial charge in [0, 0.05) is 0 Å². The predicted octanol–water partition coefficient (Wildman–Crippen LogP) is -1.23. The van der Waals surface area contributed by atoms with Gasteiger partial charge in [0.1, 0.15) is 5.69 Å². The van der Waals surface area contributed by atoms with E-state index in [1.54, 1.807) is 0 Å². The molecule has 0 aliphatic rings. The Morgan fingerprint density at radius 2 is 2.00 bits per heavy atom. The Bertz CT molecular complexity index is 310. The maximum atomic E-state index is 10.5. The van der Waals surface area contributed by atoms with Crippen molar-refractivity contribution in [3.63, 3.8) is 0 Å². The zero-order valence-electron chi connectivity index (χ0n) is 4.76. The zero-order valence-corrected chi connectivity index (χ0v) is 4.76. The molecule has 1 aromatic rings. The SMILES string of the molecule is Cc1nc(=O)[nH][nH]c1=O. The highest BCUT2D eigenvalue weighted by Crippen LogP contribution is 1.64. The quantitative estimate of drug-likeness (QED) is 0.457. The van der Waals surface area contributed by atoms with Crippen LogP contribution in [0.2, 0.25) is 0 Å². The van der Waals surface area contributed by atoms with Gasteiger partial charge in [-0.2, -0.15) is 4.98 Å². The Kier molecular flexibility index (Phi) is 1.18. The minimum Gasteiger partial charge on any atom is -0.266 e. The third-order valence-corrected chi connectivity index (χ3v) is 0.881. The summed E-state index contributed by atoms with van der Waals surface area (Å²) in [7, 11) is 0. The first-order valence-corrected chi connectivity index (χ1v) is 2.36. The van der Waals surface area contributed by atoms with E-state index in [1.807, 2.05) is 5.10 Å². The number of aromatic nitrogens is 3. The first-order valence-electron chi connectivity index (χ1n) is 2.36. The third-order valence-electron chi connectivity index (χ3n) is 0.881. The van der Waals surface area contributed by atoms with Crippen molar-refractivity contribution in [2.45, 2.75) is 6.92 Å². The minimum absolute atomic E-state index is 0.179. The van der Waals surface area contributed by atoms with E-state index in [4.69, 9.17) is 0 Å². The summed E-state index contributed by atoms with van der Waals surface area (Å²) in [6.07, 6.45) is 0. The lowest BCUT2D eigenvalue weighted by molar-refractivity contribution is 0.854. The van der Waals surface area contributed by atoms with Crippen LogP contribution in [0, 0.1) is 6.92 Å². The van der Waals surface area contributed by atoms with Crippen LogP contribution in [0.3, 0.4) is 0 Å². The minimum atomic E-state index is -0.535. The Balaban J connectivity index is 3.52. The van der Waals surface area contributed by atoms with Crippen molar-refractivity contribution in [1.29, 1.82) is 0 Å². The summed E-state index contributed by atoms with van der Waals surface area (Å²) in [6.45, 7) is 1.47. The van der Waals surface area contributed by atoms with Crippen molar-refractivity contribution in [3.05, 3.63) is 26.5 Å². The molecule has 0 saturated carbocycles. The van der Waals surface area contributed by atoms with Gasteiger partial charge in [0.15, 0.2) is 0 Å². The Morgan fingerprint density at radius 3 is 2.44 bits per heavy atom. The van der Waals surface area contributed by atoms with Gasteiger partial charge in [0.2, 0.25) is 0 Å². The van der Waals surface area contributed by atoms with E-state index in [2.05, 4.69) is 10.1 Å². The summed E-state index contributed by atoms with van der Waals surface area (Å²) < 4.78 is 0. The average Bonchev–Trinajstić information content (AvgIpc) is 1.80. The summed E-state index contributed by atoms with van der Waals surface area (Å²) >= 11 is 0. The van der Waals surface area contributed by atoms with Gasteiger partial charge in [-0.1, -0.05) is 0 Å². The maximum Gasteiger partial charge on any atom is 0.360 e. The smallest absolute Gasteiger partial charge is 0.266 e. The molecule has 0 bridgehead atoms. The second-order valence-electron chi connectivity index (χ2n) is 1.58. The fourth-order valence-electron chi connectivity index (χ4n) is 0.432. The van der Waals surface area contributed by atoms with Crippen LogP contribution in [0.4, 0.5) is 0 Å². The van der Waals surface area contributed by atoms with Gasteiger partial charge < -0.3 is 0 Å². The van der Waals surface area contributed by atoms with Gasteiger partial charge in [-0.25, -0.2) is 9.89 Å². The van der Waals surface area contributed by atoms with Crippen molar-refractivity contribution >= 4 is 0 Å². The summed E-state index contributed by atoms with van der Waals surface area (Å²) in [5, 5.41) is 4.15. The van der Waals surface area contributed by atoms with E-state index >= 15 is 0 Å². The van der Waals surface area contributed by atoms with Gasteiger partial charge in [-0.3, -0.25) is 9.89 Å². The van der Waals surface area contributed by atoms with Gasteiger partial charge >= 0.3 is 5.69 Å². The highest BCUT2D eigenvalue weighted by Gasteiger charge is 1.90. The number of nitrogens with zero attached hydrogens (tertiary/aromatic N) is 1. The molecular formula is C4H5N3O2. The molecule has 0 saturated heterocycles. The topological polar surface area (TPSA) is 78.6 Å². The first-order chi connectivity index (χ1) is 4.20. The molecule has 0 radical (unpaired) electrons. The molecule has 0 amide bonds. The lowest BCUT2D eigenvalue weighted by Gasteiger charge is -1.83. The zero-order chi connectivity index (χ0) is 6.85. The molecule has 5 nitrogen and oxygen atoms in total. The molecule has 0 spiro atoms. The molecule has 1 rings (SSSR count). The van der Waals surface area contributed by atoms with Gasteiger partial charge in [0.05, 0.1) is 0 Å². The molecule has 48 valence electrons. The van der Waals surface area contributed by atoms with Crippen LogP contribution in [-0.2, 0) is 0 Å². The van der Waals surface area contributed by atoms with Crippen molar-refractivity contribution in [2.75, 3.05) is 0 Å². The highest BCUT2D eigenvalue weighted by atomic mass is 16.2. The summed E-state index contributed by atoms with van der Waals surface area (Å²) in [6, 6.07) is 0. The van der Waals surface area contributed by atoms with Gasteiger partial charge in [-0.15, -0.1) is 0 Å². The van der Waals surface area contributed by atoms with Crippen molar-refractivity contribution < 1.29 is 0 Å². The predicted molar refractivity (Wildman–Crippen MR) is 30.2 cm³/mol. The average molecular weight is 127 g/mol. The molecule has 1 aromatic heterocycles. The van der Waals surface area contributed by atoms with E-state index in [1.165, 1.54) is 6.92 Å². The Hall–Kier alpha value is -1.39. The second-order valence-corrected chi connectivity index (χ2v) is 1.58. The number of nitrogens with one attached hydrogen (secondary N) is 2. The molecule has 1 heterocycles. The van der Waals surface area contributed by atoms with E-state index in [0.717, 1.165) is 0 Å². The number of rotatable bonds is 0. The molecular weight excluding hydrogens is 122 g/mol. The number of hydrogen-bond donors (Lipinski definition) is 2. The van der Waals surface area contributed by atoms with Crippen molar-refractivity contribution in [2.24, 2.45) is 0 Å². The van der Waals surface area contributed by atoms with Crippen molar-refractivity contribution in [3.8, 4) is 0 Å². The summed E-state index contributed by atoms with van der Waals surface area (Å²) in [5.74, 6) is 0. The van der Waals surface area contributed by atoms with Crippen LogP contribution in [0.15, 0.2) is 9.59 Å². The van der Waals surface area contributed by atoms with Crippen molar-refractivity contribution in [1.82, 2.24) is 15.2 Å². The van der Waals surface area contributed by atoms with Gasteiger partial charge in [0.25, 0.3) is 5.56 Å². The van der Waals surface area contributed by atoms with Crippen LogP contribution < -0.4 is 11.2 Å². The number of aromatic amines is 2. The van der Waals surface area contributed by atoms with E-state index in [9.17, 15) is 9.59 Å². The molecule has 0 aliphatic heterocycles. The van der Waals surface area contributed by atoms with Crippen LogP contribution in [0.1, 0.15) is 5.69 Å². The molecule has 0 unspecified atom stereocenters. The van der Waals surface area contributed by atoms with E-state index < -0.39 is 5.69 Å². The second kappa shape index (κ2) is 1.85. The van der Waals surface area contributed by atoms with Crippen LogP contribution in [-0.4, -0.2) is 15.2 Å². The first kappa shape index (κ1) is 5.74. The number of hydrogen-bond acceptors (Lipinski definition) is 3. The number of H-pyrrole nitrogens is 2. The van der Waals surface area contributed by atoms with E-state index in [0.29, 0.717) is 0 Å². The molecule has 2 N–H and O–H groups in total. The molecule has 5 heteroatoms. The fraction of sp³-hybridized carbons (Fsp3) is 0.250. The Morgan fingerprint density at radius 1 is 1.33 bits per heavy atom. The lowest BCUT2D eigenvalue weighted by Crippen LogP contribution is -2.23. The molecule has 9 heavy (non-hydrogen) atoms. The third kappa shape index (κ3) is 1.04. The standard InChI is InChI=1S/C4H5N3O2/c1-2-3(8)6-7-4(9)5-2/h1H3,(H,6,8)(H,5,7,9). The summed E-state index contributed by atoms with van der Waals surface area (Å²) in [4.78, 5) is 24.1. The van der Waals surface area contributed by atoms with E-state index in [-0.39, 0.29) is 11.3 Å². The maximum absolute atomic E-state index is 10.5. The molecule has 0 aliphatic carbocycles. The number of aryl methyl sites for hydroxylation is 1. The lowest BCUT2D eigenvalue weighted by atomic mass is 10.5. The monoisotopic (exact) mass is 127 g/mol.